The van der Waals surface area contributed by atoms with Crippen LogP contribution in [0.5, 0.6) is 0 Å². The summed E-state index contributed by atoms with van der Waals surface area (Å²) in [6, 6.07) is 2.70. The van der Waals surface area contributed by atoms with Gasteiger partial charge in [0.2, 0.25) is 0 Å². The Morgan fingerprint density at radius 3 is 2.00 bits per heavy atom. The second-order valence-electron chi connectivity index (χ2n) is 1.03. The molecule has 0 unspecified atom stereocenters. The maximum atomic E-state index is 10.1. The zero-order valence-corrected chi connectivity index (χ0v) is 4.01. The quantitative estimate of drug-likeness (QED) is 0.271. The van der Waals surface area contributed by atoms with E-state index in [4.69, 9.17) is 10.5 Å². The van der Waals surface area contributed by atoms with Crippen molar-refractivity contribution in [2.24, 2.45) is 0 Å². The smallest absolute Gasteiger partial charge is 0.272 e. The van der Waals surface area contributed by atoms with Crippen LogP contribution in [-0.2, 0) is 4.79 Å². The second-order valence-corrected chi connectivity index (χ2v) is 1.03. The summed E-state index contributed by atoms with van der Waals surface area (Å²) in [5, 5.41) is 15.7. The molecule has 0 aliphatic carbocycles. The Hall–Kier alpha value is -1.61. The summed E-state index contributed by atoms with van der Waals surface area (Å²) >= 11 is 0. The Labute approximate surface area is 46.5 Å². The lowest BCUT2D eigenvalue weighted by atomic mass is 10.2. The van der Waals surface area contributed by atoms with Crippen LogP contribution in [0.25, 0.3) is 0 Å². The molecule has 0 aromatic rings. The first-order chi connectivity index (χ1) is 3.72. The highest BCUT2D eigenvalue weighted by molar-refractivity contribution is 6.09. The first-order valence-electron chi connectivity index (χ1n) is 1.75. The predicted octanol–water partition coefficient (Wildman–Crippen LogP) is 0.159. The van der Waals surface area contributed by atoms with E-state index >= 15 is 0 Å². The van der Waals surface area contributed by atoms with Gasteiger partial charge in [0.25, 0.3) is 5.78 Å². The minimum atomic E-state index is -0.868. The van der Waals surface area contributed by atoms with Gasteiger partial charge in [0.1, 0.15) is 17.7 Å². The maximum Gasteiger partial charge on any atom is 0.272 e. The molecule has 3 nitrogen and oxygen atoms in total. The van der Waals surface area contributed by atoms with E-state index in [1.165, 1.54) is 12.1 Å². The summed E-state index contributed by atoms with van der Waals surface area (Å²) in [7, 11) is 0. The molecule has 0 heterocycles. The molecule has 38 valence electrons. The lowest BCUT2D eigenvalue weighted by molar-refractivity contribution is -0.110. The Balaban J connectivity index is 4.16. The van der Waals surface area contributed by atoms with Gasteiger partial charge >= 0.3 is 0 Å². The first kappa shape index (κ1) is 6.39. The third-order valence-corrected chi connectivity index (χ3v) is 0.511. The number of carbonyl (C=O) groups is 1. The van der Waals surface area contributed by atoms with Crippen LogP contribution >= 0.6 is 0 Å². The van der Waals surface area contributed by atoms with Crippen LogP contribution in [0.15, 0.2) is 12.2 Å². The Morgan fingerprint density at radius 1 is 1.38 bits per heavy atom. The molecule has 0 amide bonds. The lowest BCUT2D eigenvalue weighted by Gasteiger charge is -1.74. The number of hydrogen-bond acceptors (Lipinski definition) is 3. The van der Waals surface area contributed by atoms with Crippen molar-refractivity contribution >= 4 is 5.78 Å². The fourth-order valence-electron chi connectivity index (χ4n) is 0.118. The monoisotopic (exact) mass is 106 g/mol. The van der Waals surface area contributed by atoms with E-state index in [1.54, 1.807) is 0 Å². The van der Waals surface area contributed by atoms with Crippen LogP contribution in [0.4, 0.5) is 0 Å². The van der Waals surface area contributed by atoms with Crippen molar-refractivity contribution in [3.8, 4) is 12.1 Å². The van der Waals surface area contributed by atoms with Gasteiger partial charge in [-0.3, -0.25) is 4.79 Å². The van der Waals surface area contributed by atoms with Gasteiger partial charge in [-0.05, 0) is 0 Å². The van der Waals surface area contributed by atoms with Crippen LogP contribution < -0.4 is 0 Å². The van der Waals surface area contributed by atoms with Crippen LogP contribution in [0, 0.1) is 22.7 Å². The van der Waals surface area contributed by atoms with E-state index in [-0.39, 0.29) is 5.57 Å². The zero-order chi connectivity index (χ0) is 6.57. The van der Waals surface area contributed by atoms with E-state index in [0.29, 0.717) is 0 Å². The summed E-state index contributed by atoms with van der Waals surface area (Å²) in [5.41, 5.74) is -0.312. The van der Waals surface area contributed by atoms with Crippen molar-refractivity contribution in [1.29, 1.82) is 10.5 Å². The second kappa shape index (κ2) is 2.54. The molecule has 0 aliphatic heterocycles. The summed E-state index contributed by atoms with van der Waals surface area (Å²) in [6.45, 7) is 3.01. The normalized spacial score (nSPS) is 6.25. The number of allylic oxidation sites excluding steroid dienone is 1. The Morgan fingerprint density at radius 2 is 1.88 bits per heavy atom. The van der Waals surface area contributed by atoms with Crippen molar-refractivity contribution in [2.75, 3.05) is 0 Å². The number of rotatable bonds is 1. The van der Waals surface area contributed by atoms with E-state index in [0.717, 1.165) is 0 Å². The van der Waals surface area contributed by atoms with Crippen molar-refractivity contribution in [3.05, 3.63) is 12.2 Å². The number of hydrogen-bond donors (Lipinski definition) is 0. The molecule has 0 N–H and O–H groups in total. The largest absolute Gasteiger partial charge is 0.276 e. The molecule has 0 aromatic heterocycles. The number of Topliss-reactive ketones (excluding diaryl/α,β-unsaturated/α-hetero) is 1. The Kier molecular flexibility index (Phi) is 2.03. The third kappa shape index (κ3) is 1.24. The van der Waals surface area contributed by atoms with Gasteiger partial charge in [-0.2, -0.15) is 10.5 Å². The van der Waals surface area contributed by atoms with Crippen molar-refractivity contribution in [1.82, 2.24) is 0 Å². The fraction of sp³-hybridized carbons (Fsp3) is 0. The first-order valence-corrected chi connectivity index (χ1v) is 1.75. The molecule has 0 saturated heterocycles. The van der Waals surface area contributed by atoms with E-state index in [2.05, 4.69) is 6.58 Å². The molecular weight excluding hydrogens is 104 g/mol. The minimum absolute atomic E-state index is 0.312. The van der Waals surface area contributed by atoms with Gasteiger partial charge in [-0.15, -0.1) is 0 Å². The van der Waals surface area contributed by atoms with Crippen molar-refractivity contribution in [3.63, 3.8) is 0 Å². The summed E-state index contributed by atoms with van der Waals surface area (Å²) in [6.07, 6.45) is 0. The van der Waals surface area contributed by atoms with Crippen LogP contribution in [0.3, 0.4) is 0 Å². The predicted molar refractivity (Wildman–Crippen MR) is 25.4 cm³/mol. The molecule has 3 heteroatoms. The van der Waals surface area contributed by atoms with Gasteiger partial charge < -0.3 is 0 Å². The lowest BCUT2D eigenvalue weighted by Crippen LogP contribution is -1.92. The molecule has 0 atom stereocenters. The topological polar surface area (TPSA) is 64.7 Å². The van der Waals surface area contributed by atoms with Crippen LogP contribution in [-0.4, -0.2) is 5.78 Å². The standard InChI is InChI=1S/C5H2N2O/c1-4(2-6)5(8)3-7/h1H2. The summed E-state index contributed by atoms with van der Waals surface area (Å²) in [4.78, 5) is 10.1. The molecule has 0 rings (SSSR count). The average Bonchev–Trinajstić information content (AvgIpc) is 1.84. The van der Waals surface area contributed by atoms with Gasteiger partial charge in [-0.1, -0.05) is 6.58 Å². The molecule has 0 fully saturated rings. The average molecular weight is 106 g/mol. The highest BCUT2D eigenvalue weighted by Gasteiger charge is 2.00. The molecular formula is C5H2N2O. The maximum absolute atomic E-state index is 10.1. The van der Waals surface area contributed by atoms with E-state index < -0.39 is 5.78 Å². The highest BCUT2D eigenvalue weighted by Crippen LogP contribution is 1.85. The Bertz CT molecular complexity index is 179. The molecule has 0 aromatic carbocycles. The van der Waals surface area contributed by atoms with Crippen LogP contribution in [0.1, 0.15) is 0 Å². The van der Waals surface area contributed by atoms with E-state index in [1.807, 2.05) is 0 Å². The number of ketones is 1. The molecule has 0 spiro atoms. The summed E-state index contributed by atoms with van der Waals surface area (Å²) in [5.74, 6) is -0.868. The van der Waals surface area contributed by atoms with E-state index in [9.17, 15) is 4.79 Å². The molecule has 0 radical (unpaired) electrons. The molecule has 0 aliphatic rings. The number of nitrogens with zero attached hydrogens (tertiary/aromatic N) is 2. The third-order valence-electron chi connectivity index (χ3n) is 0.511. The zero-order valence-electron chi connectivity index (χ0n) is 4.01. The van der Waals surface area contributed by atoms with Gasteiger partial charge in [0.15, 0.2) is 0 Å². The fourth-order valence-corrected chi connectivity index (χ4v) is 0.118. The SMILES string of the molecule is C=C(C#N)C(=O)C#N. The van der Waals surface area contributed by atoms with Gasteiger partial charge in [0.05, 0.1) is 0 Å². The van der Waals surface area contributed by atoms with Crippen LogP contribution in [0.2, 0.25) is 0 Å². The molecule has 8 heavy (non-hydrogen) atoms. The number of carbonyl (C=O) groups excluding carboxylic acids is 1. The highest BCUT2D eigenvalue weighted by atomic mass is 16.1. The van der Waals surface area contributed by atoms with Crippen molar-refractivity contribution < 1.29 is 4.79 Å². The summed E-state index contributed by atoms with van der Waals surface area (Å²) < 4.78 is 0. The minimum Gasteiger partial charge on any atom is -0.276 e. The number of nitriles is 2. The van der Waals surface area contributed by atoms with Gasteiger partial charge in [0, 0.05) is 0 Å². The molecule has 0 bridgehead atoms. The van der Waals surface area contributed by atoms with Crippen molar-refractivity contribution in [2.45, 2.75) is 0 Å². The van der Waals surface area contributed by atoms with Gasteiger partial charge in [-0.25, -0.2) is 0 Å². The molecule has 0 saturated carbocycles.